The topological polar surface area (TPSA) is 86.5 Å². The third kappa shape index (κ3) is 4.28. The fourth-order valence-electron chi connectivity index (χ4n) is 3.33. The maximum Gasteiger partial charge on any atom is 0.229 e. The zero-order chi connectivity index (χ0) is 17.8. The lowest BCUT2D eigenvalue weighted by Gasteiger charge is -2.16. The number of carbonyl (C=O) groups excluding carboxylic acids is 1. The van der Waals surface area contributed by atoms with E-state index in [1.807, 2.05) is 23.6 Å². The molecule has 0 radical (unpaired) electrons. The predicted octanol–water partition coefficient (Wildman–Crippen LogP) is 3.56. The van der Waals surface area contributed by atoms with Gasteiger partial charge in [0.2, 0.25) is 5.91 Å². The summed E-state index contributed by atoms with van der Waals surface area (Å²) in [5.41, 5.74) is 7.36. The monoisotopic (exact) mass is 397 g/mol. The normalized spacial score (nSPS) is 18.9. The quantitative estimate of drug-likeness (QED) is 0.778. The maximum absolute atomic E-state index is 12.5. The number of aromatic nitrogens is 1. The summed E-state index contributed by atoms with van der Waals surface area (Å²) >= 11 is 1.40. The number of thiazole rings is 1. The van der Waals surface area contributed by atoms with E-state index >= 15 is 0 Å². The molecule has 6 nitrogen and oxygen atoms in total. The number of nitrogens with two attached hydrogens (primary N) is 1. The Labute approximate surface area is 163 Å². The highest BCUT2D eigenvalue weighted by Crippen LogP contribution is 2.36. The molecule has 8 heteroatoms. The second-order valence-electron chi connectivity index (χ2n) is 6.13. The van der Waals surface area contributed by atoms with Crippen LogP contribution in [-0.4, -0.2) is 31.7 Å². The van der Waals surface area contributed by atoms with Crippen LogP contribution >= 0.6 is 23.7 Å². The molecule has 142 valence electrons. The van der Waals surface area contributed by atoms with Crippen LogP contribution in [0.25, 0.3) is 11.3 Å². The fraction of sp³-hybridized carbons (Fsp3) is 0.444. The number of halogens is 1. The molecule has 0 aliphatic heterocycles. The first-order chi connectivity index (χ1) is 12.2. The summed E-state index contributed by atoms with van der Waals surface area (Å²) in [5, 5.41) is 5.44. The standard InChI is InChI=1S/C18H23N3O3S.ClH/c1-23-12-6-7-16(24-2)14(8-12)15-10-25-18(20-15)21-17(22)13-5-3-4-11(13)9-19;/h6-8,10-11,13H,3-5,9,19H2,1-2H3,(H,20,21,22);1H/t11-,13-;/m1./s1. The van der Waals surface area contributed by atoms with Crippen molar-refractivity contribution in [2.75, 3.05) is 26.1 Å². The Kier molecular flexibility index (Phi) is 7.25. The summed E-state index contributed by atoms with van der Waals surface area (Å²) in [7, 11) is 3.24. The van der Waals surface area contributed by atoms with Gasteiger partial charge in [0, 0.05) is 16.9 Å². The van der Waals surface area contributed by atoms with Gasteiger partial charge in [-0.25, -0.2) is 4.98 Å². The van der Waals surface area contributed by atoms with Gasteiger partial charge >= 0.3 is 0 Å². The number of amides is 1. The molecule has 1 aromatic carbocycles. The number of hydrogen-bond acceptors (Lipinski definition) is 6. The SMILES string of the molecule is COc1ccc(OC)c(-c2csc(NC(=O)[C@@H]3CCC[C@@H]3CN)n2)c1.Cl. The third-order valence-electron chi connectivity index (χ3n) is 4.72. The van der Waals surface area contributed by atoms with Gasteiger partial charge in [-0.05, 0) is 43.5 Å². The molecule has 1 fully saturated rings. The molecule has 3 rings (SSSR count). The minimum atomic E-state index is -0.0105. The van der Waals surface area contributed by atoms with Crippen molar-refractivity contribution in [3.05, 3.63) is 23.6 Å². The second-order valence-corrected chi connectivity index (χ2v) is 6.98. The number of nitrogens with zero attached hydrogens (tertiary/aromatic N) is 1. The second kappa shape index (κ2) is 9.21. The van der Waals surface area contributed by atoms with E-state index in [2.05, 4.69) is 10.3 Å². The number of ether oxygens (including phenoxy) is 2. The minimum Gasteiger partial charge on any atom is -0.497 e. The first kappa shape index (κ1) is 20.5. The van der Waals surface area contributed by atoms with Gasteiger partial charge in [0.05, 0.1) is 19.9 Å². The van der Waals surface area contributed by atoms with Crippen LogP contribution in [0.15, 0.2) is 23.6 Å². The van der Waals surface area contributed by atoms with Crippen molar-refractivity contribution in [2.24, 2.45) is 17.6 Å². The average Bonchev–Trinajstić information content (AvgIpc) is 3.30. The van der Waals surface area contributed by atoms with Crippen LogP contribution in [0, 0.1) is 11.8 Å². The van der Waals surface area contributed by atoms with Crippen LogP contribution in [0.5, 0.6) is 11.5 Å². The van der Waals surface area contributed by atoms with E-state index in [-0.39, 0.29) is 30.2 Å². The summed E-state index contributed by atoms with van der Waals surface area (Å²) in [5.74, 6) is 1.72. The highest BCUT2D eigenvalue weighted by atomic mass is 35.5. The molecule has 0 saturated heterocycles. The first-order valence-corrected chi connectivity index (χ1v) is 9.23. The Hall–Kier alpha value is -1.83. The molecule has 3 N–H and O–H groups in total. The van der Waals surface area contributed by atoms with Crippen molar-refractivity contribution >= 4 is 34.8 Å². The van der Waals surface area contributed by atoms with E-state index in [1.165, 1.54) is 11.3 Å². The molecular formula is C18H24ClN3O3S. The summed E-state index contributed by atoms with van der Waals surface area (Å²) in [6, 6.07) is 5.56. The minimum absolute atomic E-state index is 0. The predicted molar refractivity (Wildman–Crippen MR) is 106 cm³/mol. The van der Waals surface area contributed by atoms with E-state index in [0.29, 0.717) is 17.4 Å². The molecule has 1 amide bonds. The van der Waals surface area contributed by atoms with Gasteiger partial charge in [0.25, 0.3) is 0 Å². The van der Waals surface area contributed by atoms with Crippen molar-refractivity contribution in [1.29, 1.82) is 0 Å². The smallest absolute Gasteiger partial charge is 0.229 e. The van der Waals surface area contributed by atoms with Gasteiger partial charge in [-0.1, -0.05) is 6.42 Å². The van der Waals surface area contributed by atoms with Crippen molar-refractivity contribution in [1.82, 2.24) is 4.98 Å². The number of hydrogen-bond donors (Lipinski definition) is 2. The average molecular weight is 398 g/mol. The van der Waals surface area contributed by atoms with Gasteiger partial charge in [0.15, 0.2) is 5.13 Å². The number of methoxy groups -OCH3 is 2. The van der Waals surface area contributed by atoms with Crippen LogP contribution < -0.4 is 20.5 Å². The van der Waals surface area contributed by atoms with Crippen LogP contribution in [0.3, 0.4) is 0 Å². The molecule has 0 bridgehead atoms. The van der Waals surface area contributed by atoms with Gasteiger partial charge in [-0.3, -0.25) is 4.79 Å². The Morgan fingerprint density at radius 3 is 2.85 bits per heavy atom. The van der Waals surface area contributed by atoms with Gasteiger partial charge in [-0.2, -0.15) is 0 Å². The number of benzene rings is 1. The zero-order valence-electron chi connectivity index (χ0n) is 14.9. The summed E-state index contributed by atoms with van der Waals surface area (Å²) in [6.07, 6.45) is 2.98. The van der Waals surface area contributed by atoms with E-state index in [9.17, 15) is 4.79 Å². The lowest BCUT2D eigenvalue weighted by Crippen LogP contribution is -2.29. The summed E-state index contributed by atoms with van der Waals surface area (Å²) in [6.45, 7) is 0.558. The summed E-state index contributed by atoms with van der Waals surface area (Å²) < 4.78 is 10.7. The Balaban J connectivity index is 0.00000243. The van der Waals surface area contributed by atoms with Crippen LogP contribution in [0.4, 0.5) is 5.13 Å². The Morgan fingerprint density at radius 1 is 1.35 bits per heavy atom. The molecule has 0 unspecified atom stereocenters. The fourth-order valence-corrected chi connectivity index (χ4v) is 4.04. The highest BCUT2D eigenvalue weighted by Gasteiger charge is 2.32. The number of anilines is 1. The van der Waals surface area contributed by atoms with E-state index in [0.717, 1.165) is 36.3 Å². The molecule has 1 aromatic heterocycles. The zero-order valence-corrected chi connectivity index (χ0v) is 16.5. The van der Waals surface area contributed by atoms with E-state index < -0.39 is 0 Å². The van der Waals surface area contributed by atoms with Crippen LogP contribution in [-0.2, 0) is 4.79 Å². The molecule has 1 saturated carbocycles. The van der Waals surface area contributed by atoms with Crippen LogP contribution in [0.1, 0.15) is 19.3 Å². The van der Waals surface area contributed by atoms with Crippen molar-refractivity contribution in [3.63, 3.8) is 0 Å². The van der Waals surface area contributed by atoms with Crippen molar-refractivity contribution in [2.45, 2.75) is 19.3 Å². The molecule has 26 heavy (non-hydrogen) atoms. The molecule has 2 atom stereocenters. The molecule has 2 aromatic rings. The van der Waals surface area contributed by atoms with E-state index in [1.54, 1.807) is 14.2 Å². The maximum atomic E-state index is 12.5. The van der Waals surface area contributed by atoms with Gasteiger partial charge in [-0.15, -0.1) is 23.7 Å². The van der Waals surface area contributed by atoms with Crippen LogP contribution in [0.2, 0.25) is 0 Å². The first-order valence-electron chi connectivity index (χ1n) is 8.35. The number of carbonyl (C=O) groups is 1. The molecule has 1 heterocycles. The molecule has 1 aliphatic carbocycles. The number of rotatable bonds is 6. The lowest BCUT2D eigenvalue weighted by atomic mass is 9.95. The molecular weight excluding hydrogens is 374 g/mol. The number of nitrogens with one attached hydrogen (secondary N) is 1. The Morgan fingerprint density at radius 2 is 2.15 bits per heavy atom. The molecule has 0 spiro atoms. The highest BCUT2D eigenvalue weighted by molar-refractivity contribution is 7.14. The Bertz CT molecular complexity index is 753. The molecule has 1 aliphatic rings. The lowest BCUT2D eigenvalue weighted by molar-refractivity contribution is -0.120. The van der Waals surface area contributed by atoms with Crippen molar-refractivity contribution in [3.8, 4) is 22.8 Å². The van der Waals surface area contributed by atoms with Gasteiger partial charge < -0.3 is 20.5 Å². The van der Waals surface area contributed by atoms with Crippen molar-refractivity contribution < 1.29 is 14.3 Å². The summed E-state index contributed by atoms with van der Waals surface area (Å²) in [4.78, 5) is 17.1. The largest absolute Gasteiger partial charge is 0.497 e. The van der Waals surface area contributed by atoms with E-state index in [4.69, 9.17) is 15.2 Å². The third-order valence-corrected chi connectivity index (χ3v) is 5.47. The van der Waals surface area contributed by atoms with Gasteiger partial charge in [0.1, 0.15) is 11.5 Å².